The van der Waals surface area contributed by atoms with Crippen LogP contribution in [0.3, 0.4) is 0 Å². The molecule has 7 nitrogen and oxygen atoms in total. The van der Waals surface area contributed by atoms with Crippen molar-refractivity contribution in [3.63, 3.8) is 0 Å². The van der Waals surface area contributed by atoms with Crippen LogP contribution in [0.2, 0.25) is 10.0 Å². The van der Waals surface area contributed by atoms with Crippen molar-refractivity contribution in [2.45, 2.75) is 44.4 Å². The van der Waals surface area contributed by atoms with E-state index < -0.39 is 31.1 Å². The van der Waals surface area contributed by atoms with Gasteiger partial charge in [-0.05, 0) is 26.0 Å². The highest BCUT2D eigenvalue weighted by Gasteiger charge is 2.44. The molecule has 1 aliphatic rings. The van der Waals surface area contributed by atoms with Crippen LogP contribution in [0.5, 0.6) is 0 Å². The van der Waals surface area contributed by atoms with Crippen LogP contribution in [0.1, 0.15) is 20.1 Å². The van der Waals surface area contributed by atoms with E-state index in [4.69, 9.17) is 27.9 Å². The minimum Gasteiger partial charge on any atom is -0.394 e. The summed E-state index contributed by atoms with van der Waals surface area (Å²) >= 11 is 12.2. The summed E-state index contributed by atoms with van der Waals surface area (Å²) in [6.45, 7) is 3.49. The van der Waals surface area contributed by atoms with Gasteiger partial charge in [0.15, 0.2) is 6.23 Å². The summed E-state index contributed by atoms with van der Waals surface area (Å²) in [4.78, 5) is 4.48. The van der Waals surface area contributed by atoms with Gasteiger partial charge >= 0.3 is 0 Å². The summed E-state index contributed by atoms with van der Waals surface area (Å²) in [5, 5.41) is 33.6. The van der Waals surface area contributed by atoms with Crippen molar-refractivity contribution in [2.24, 2.45) is 0 Å². The van der Waals surface area contributed by atoms with Crippen LogP contribution in [0, 0.1) is 0 Å². The molecule has 1 aromatic carbocycles. The zero-order valence-electron chi connectivity index (χ0n) is 13.1. The van der Waals surface area contributed by atoms with Crippen LogP contribution in [0.25, 0.3) is 11.0 Å². The van der Waals surface area contributed by atoms with Gasteiger partial charge in [-0.1, -0.05) is 23.2 Å². The summed E-state index contributed by atoms with van der Waals surface area (Å²) in [6.07, 6.45) is -4.22. The predicted octanol–water partition coefficient (Wildman–Crippen LogP) is 1.77. The first kappa shape index (κ1) is 17.7. The summed E-state index contributed by atoms with van der Waals surface area (Å²) in [5.41, 5.74) is 1.17. The molecule has 0 amide bonds. The molecule has 132 valence electrons. The molecule has 0 saturated carbocycles. The molecular weight excluding hydrogens is 357 g/mol. The molecule has 1 aromatic heterocycles. The van der Waals surface area contributed by atoms with Gasteiger partial charge in [-0.3, -0.25) is 4.57 Å². The molecule has 0 radical (unpaired) electrons. The number of halogens is 2. The Bertz CT molecular complexity index is 752. The Morgan fingerprint density at radius 3 is 2.50 bits per heavy atom. The van der Waals surface area contributed by atoms with Crippen molar-refractivity contribution in [2.75, 3.05) is 11.9 Å². The van der Waals surface area contributed by atoms with Gasteiger partial charge in [-0.15, -0.1) is 0 Å². The quantitative estimate of drug-likeness (QED) is 0.649. The van der Waals surface area contributed by atoms with Gasteiger partial charge in [-0.25, -0.2) is 4.98 Å². The molecule has 1 fully saturated rings. The van der Waals surface area contributed by atoms with Gasteiger partial charge in [0.2, 0.25) is 5.95 Å². The van der Waals surface area contributed by atoms with Gasteiger partial charge < -0.3 is 25.4 Å². The molecule has 4 unspecified atom stereocenters. The van der Waals surface area contributed by atoms with Crippen LogP contribution < -0.4 is 5.32 Å². The molecule has 24 heavy (non-hydrogen) atoms. The molecule has 1 saturated heterocycles. The zero-order chi connectivity index (χ0) is 17.6. The highest BCUT2D eigenvalue weighted by atomic mass is 35.5. The minimum atomic E-state index is -1.22. The Balaban J connectivity index is 2.15. The fourth-order valence-electron chi connectivity index (χ4n) is 2.80. The smallest absolute Gasteiger partial charge is 0.206 e. The lowest BCUT2D eigenvalue weighted by molar-refractivity contribution is -0.0499. The van der Waals surface area contributed by atoms with Crippen molar-refractivity contribution in [1.29, 1.82) is 0 Å². The molecule has 1 aliphatic heterocycles. The van der Waals surface area contributed by atoms with Gasteiger partial charge in [-0.2, -0.15) is 0 Å². The Hall–Kier alpha value is -1.09. The van der Waals surface area contributed by atoms with Crippen LogP contribution in [0.15, 0.2) is 12.1 Å². The third-order valence-electron chi connectivity index (χ3n) is 3.92. The van der Waals surface area contributed by atoms with Crippen molar-refractivity contribution >= 4 is 40.2 Å². The van der Waals surface area contributed by atoms with E-state index in [-0.39, 0.29) is 6.04 Å². The Morgan fingerprint density at radius 2 is 1.92 bits per heavy atom. The summed E-state index contributed by atoms with van der Waals surface area (Å²) < 4.78 is 7.26. The van der Waals surface area contributed by atoms with E-state index >= 15 is 0 Å². The van der Waals surface area contributed by atoms with E-state index in [1.807, 2.05) is 13.8 Å². The Kier molecular flexibility index (Phi) is 4.92. The van der Waals surface area contributed by atoms with Crippen molar-refractivity contribution in [3.8, 4) is 0 Å². The maximum absolute atomic E-state index is 10.4. The lowest BCUT2D eigenvalue weighted by Crippen LogP contribution is -2.33. The third kappa shape index (κ3) is 2.96. The first-order chi connectivity index (χ1) is 11.3. The van der Waals surface area contributed by atoms with Crippen molar-refractivity contribution in [3.05, 3.63) is 22.2 Å². The summed E-state index contributed by atoms with van der Waals surface area (Å²) in [7, 11) is 0. The minimum absolute atomic E-state index is 0.0728. The monoisotopic (exact) mass is 375 g/mol. The molecule has 4 atom stereocenters. The lowest BCUT2D eigenvalue weighted by atomic mass is 10.1. The summed E-state index contributed by atoms with van der Waals surface area (Å²) in [6, 6.07) is 3.33. The van der Waals surface area contributed by atoms with E-state index in [0.717, 1.165) is 0 Å². The number of aliphatic hydroxyl groups excluding tert-OH is 3. The largest absolute Gasteiger partial charge is 0.394 e. The Morgan fingerprint density at radius 1 is 1.25 bits per heavy atom. The predicted molar refractivity (Wildman–Crippen MR) is 91.5 cm³/mol. The number of fused-ring (bicyclic) bond motifs is 1. The molecular formula is C15H19Cl2N3O4. The van der Waals surface area contributed by atoms with Crippen LogP contribution >= 0.6 is 23.2 Å². The number of aromatic nitrogens is 2. The van der Waals surface area contributed by atoms with Crippen LogP contribution in [-0.2, 0) is 4.74 Å². The van der Waals surface area contributed by atoms with E-state index in [2.05, 4.69) is 10.3 Å². The number of nitrogens with one attached hydrogen (secondary N) is 1. The lowest BCUT2D eigenvalue weighted by Gasteiger charge is -2.21. The second-order valence-electron chi connectivity index (χ2n) is 6.09. The maximum Gasteiger partial charge on any atom is 0.206 e. The molecule has 9 heteroatoms. The highest BCUT2D eigenvalue weighted by Crippen LogP contribution is 2.37. The fraction of sp³-hybridized carbons (Fsp3) is 0.533. The summed E-state index contributed by atoms with van der Waals surface area (Å²) in [5.74, 6) is 0.452. The van der Waals surface area contributed by atoms with Crippen molar-refractivity contribution in [1.82, 2.24) is 9.55 Å². The normalized spacial score (nSPS) is 27.3. The molecule has 0 spiro atoms. The van der Waals surface area contributed by atoms with E-state index in [1.54, 1.807) is 16.7 Å². The van der Waals surface area contributed by atoms with E-state index in [0.29, 0.717) is 27.0 Å². The first-order valence-corrected chi connectivity index (χ1v) is 8.35. The van der Waals surface area contributed by atoms with Crippen LogP contribution in [-0.4, -0.2) is 55.8 Å². The van der Waals surface area contributed by atoms with Gasteiger partial charge in [0.1, 0.15) is 18.3 Å². The molecule has 2 heterocycles. The Labute approximate surface area is 148 Å². The second kappa shape index (κ2) is 6.67. The number of benzene rings is 1. The second-order valence-corrected chi connectivity index (χ2v) is 6.90. The van der Waals surface area contributed by atoms with Gasteiger partial charge in [0.25, 0.3) is 0 Å². The van der Waals surface area contributed by atoms with E-state index in [9.17, 15) is 15.3 Å². The van der Waals surface area contributed by atoms with E-state index in [1.165, 1.54) is 0 Å². The zero-order valence-corrected chi connectivity index (χ0v) is 14.7. The fourth-order valence-corrected chi connectivity index (χ4v) is 3.12. The number of aliphatic hydroxyl groups is 3. The number of hydrogen-bond acceptors (Lipinski definition) is 6. The molecule has 0 aliphatic carbocycles. The number of anilines is 1. The number of nitrogens with zero attached hydrogens (tertiary/aromatic N) is 2. The average Bonchev–Trinajstić information content (AvgIpc) is 2.97. The molecule has 2 aromatic rings. The van der Waals surface area contributed by atoms with Gasteiger partial charge in [0, 0.05) is 6.04 Å². The number of imidazole rings is 1. The molecule has 3 rings (SSSR count). The third-order valence-corrected chi connectivity index (χ3v) is 4.64. The molecule has 0 bridgehead atoms. The van der Waals surface area contributed by atoms with Crippen LogP contribution in [0.4, 0.5) is 5.95 Å². The number of rotatable bonds is 4. The van der Waals surface area contributed by atoms with Gasteiger partial charge in [0.05, 0.1) is 27.7 Å². The average molecular weight is 376 g/mol. The highest BCUT2D eigenvalue weighted by molar-refractivity contribution is 6.42. The number of ether oxygens (including phenoxy) is 1. The first-order valence-electron chi connectivity index (χ1n) is 7.59. The topological polar surface area (TPSA) is 99.8 Å². The SMILES string of the molecule is CC(C)Nc1nc2cc(Cl)c(Cl)cc2n1C1OC(CO)C(O)C1O. The maximum atomic E-state index is 10.4. The molecule has 4 N–H and O–H groups in total. The standard InChI is InChI=1S/C15H19Cl2N3O4/c1-6(2)18-15-19-9-3-7(16)8(17)4-10(9)20(15)14-13(23)12(22)11(5-21)24-14/h3-4,6,11-14,21-23H,5H2,1-2H3,(H,18,19). The number of hydrogen-bond donors (Lipinski definition) is 4. The van der Waals surface area contributed by atoms with Crippen molar-refractivity contribution < 1.29 is 20.1 Å².